The minimum Gasteiger partial charge on any atom is -0.481 e. The van der Waals surface area contributed by atoms with Crippen molar-refractivity contribution in [1.29, 1.82) is 0 Å². The molecule has 0 saturated heterocycles. The average Bonchev–Trinajstić information content (AvgIpc) is 2.33. The van der Waals surface area contributed by atoms with Gasteiger partial charge in [-0.1, -0.05) is 13.8 Å². The molecule has 0 bridgehead atoms. The molecule has 7 nitrogen and oxygen atoms in total. The van der Waals surface area contributed by atoms with Crippen LogP contribution in [-0.4, -0.2) is 42.1 Å². The summed E-state index contributed by atoms with van der Waals surface area (Å²) in [6.45, 7) is 7.99. The van der Waals surface area contributed by atoms with Gasteiger partial charge in [-0.05, 0) is 32.1 Å². The van der Waals surface area contributed by atoms with E-state index in [1.807, 2.05) is 27.7 Å². The van der Waals surface area contributed by atoms with Crippen LogP contribution in [0.3, 0.4) is 0 Å². The molecule has 0 atom stereocenters. The van der Waals surface area contributed by atoms with E-state index >= 15 is 0 Å². The molecule has 0 spiro atoms. The van der Waals surface area contributed by atoms with E-state index in [0.29, 0.717) is 19.4 Å². The third kappa shape index (κ3) is 11.7. The highest BCUT2D eigenvalue weighted by molar-refractivity contribution is 5.83. The third-order valence-corrected chi connectivity index (χ3v) is 2.96. The first-order valence-electron chi connectivity index (χ1n) is 7.15. The Hall–Kier alpha value is -1.79. The molecule has 0 aromatic carbocycles. The summed E-state index contributed by atoms with van der Waals surface area (Å²) in [5.74, 6) is -1.05. The highest BCUT2D eigenvalue weighted by Gasteiger charge is 2.19. The van der Waals surface area contributed by atoms with Crippen LogP contribution >= 0.6 is 0 Å². The van der Waals surface area contributed by atoms with Crippen molar-refractivity contribution >= 4 is 17.9 Å². The van der Waals surface area contributed by atoms with Gasteiger partial charge in [0.25, 0.3) is 0 Å². The molecular weight excluding hydrogens is 274 g/mol. The van der Waals surface area contributed by atoms with Gasteiger partial charge >= 0.3 is 12.0 Å². The minimum atomic E-state index is -0.815. The van der Waals surface area contributed by atoms with E-state index in [9.17, 15) is 14.4 Å². The lowest BCUT2D eigenvalue weighted by Gasteiger charge is -2.23. The van der Waals surface area contributed by atoms with Crippen molar-refractivity contribution in [3.8, 4) is 0 Å². The van der Waals surface area contributed by atoms with Crippen molar-refractivity contribution < 1.29 is 19.5 Å². The molecule has 0 heterocycles. The topological polar surface area (TPSA) is 108 Å². The average molecular weight is 301 g/mol. The number of carbonyl (C=O) groups excluding carboxylic acids is 2. The third-order valence-electron chi connectivity index (χ3n) is 2.96. The Bertz CT molecular complexity index is 367. The van der Waals surface area contributed by atoms with Gasteiger partial charge in [0, 0.05) is 19.0 Å². The normalized spacial score (nSPS) is 11.1. The van der Waals surface area contributed by atoms with E-state index in [-0.39, 0.29) is 30.3 Å². The molecular formula is C14H27N3O4. The second-order valence-corrected chi connectivity index (χ2v) is 6.14. The van der Waals surface area contributed by atoms with Crippen LogP contribution in [0.5, 0.6) is 0 Å². The Morgan fingerprint density at radius 2 is 1.71 bits per heavy atom. The van der Waals surface area contributed by atoms with Crippen molar-refractivity contribution in [1.82, 2.24) is 16.0 Å². The van der Waals surface area contributed by atoms with Crippen molar-refractivity contribution in [2.75, 3.05) is 13.1 Å². The van der Waals surface area contributed by atoms with Crippen molar-refractivity contribution in [3.63, 3.8) is 0 Å². The number of hydrogen-bond donors (Lipinski definition) is 4. The van der Waals surface area contributed by atoms with Gasteiger partial charge in [0.15, 0.2) is 0 Å². The maximum Gasteiger partial charge on any atom is 0.315 e. The van der Waals surface area contributed by atoms with Crippen LogP contribution in [0.4, 0.5) is 4.79 Å². The molecule has 3 amide bonds. The van der Waals surface area contributed by atoms with E-state index in [4.69, 9.17) is 5.11 Å². The highest BCUT2D eigenvalue weighted by atomic mass is 16.4. The van der Waals surface area contributed by atoms with Crippen molar-refractivity contribution in [2.45, 2.75) is 53.0 Å². The fourth-order valence-electron chi connectivity index (χ4n) is 1.68. The molecule has 0 aliphatic rings. The zero-order chi connectivity index (χ0) is 16.5. The van der Waals surface area contributed by atoms with Gasteiger partial charge in [0.05, 0.1) is 6.54 Å². The van der Waals surface area contributed by atoms with Crippen LogP contribution in [-0.2, 0) is 9.59 Å². The first kappa shape index (κ1) is 19.2. The van der Waals surface area contributed by atoms with Crippen LogP contribution in [0.25, 0.3) is 0 Å². The van der Waals surface area contributed by atoms with Gasteiger partial charge in [-0.15, -0.1) is 0 Å². The lowest BCUT2D eigenvalue weighted by molar-refractivity contribution is -0.137. The summed E-state index contributed by atoms with van der Waals surface area (Å²) in [5.41, 5.74) is -0.152. The van der Waals surface area contributed by atoms with Gasteiger partial charge in [-0.3, -0.25) is 9.59 Å². The Morgan fingerprint density at radius 3 is 2.24 bits per heavy atom. The first-order chi connectivity index (χ1) is 9.62. The fourth-order valence-corrected chi connectivity index (χ4v) is 1.68. The molecule has 0 aromatic heterocycles. The summed E-state index contributed by atoms with van der Waals surface area (Å²) in [6, 6.07) is -0.361. The van der Waals surface area contributed by atoms with Gasteiger partial charge in [0.2, 0.25) is 5.91 Å². The summed E-state index contributed by atoms with van der Waals surface area (Å²) in [6.07, 6.45) is 1.35. The molecule has 0 aromatic rings. The second kappa shape index (κ2) is 9.20. The minimum absolute atomic E-state index is 0.0393. The van der Waals surface area contributed by atoms with Crippen LogP contribution in [0.15, 0.2) is 0 Å². The van der Waals surface area contributed by atoms with Crippen LogP contribution in [0, 0.1) is 5.41 Å². The fraction of sp³-hybridized carbons (Fsp3) is 0.786. The van der Waals surface area contributed by atoms with Gasteiger partial charge in [-0.2, -0.15) is 0 Å². The maximum atomic E-state index is 11.5. The molecule has 0 rings (SSSR count). The number of nitrogens with one attached hydrogen (secondary N) is 3. The highest BCUT2D eigenvalue weighted by Crippen LogP contribution is 2.25. The second-order valence-electron chi connectivity index (χ2n) is 6.14. The summed E-state index contributed by atoms with van der Waals surface area (Å²) in [7, 11) is 0. The van der Waals surface area contributed by atoms with Crippen molar-refractivity contribution in [3.05, 3.63) is 0 Å². The molecule has 0 unspecified atom stereocenters. The predicted octanol–water partition coefficient (Wildman–Crippen LogP) is 1.09. The first-order valence-corrected chi connectivity index (χ1v) is 7.15. The Labute approximate surface area is 125 Å². The van der Waals surface area contributed by atoms with Gasteiger partial charge in [0.1, 0.15) is 0 Å². The van der Waals surface area contributed by atoms with E-state index in [1.165, 1.54) is 0 Å². The Kier molecular flexibility index (Phi) is 8.42. The zero-order valence-electron chi connectivity index (χ0n) is 13.3. The molecule has 0 fully saturated rings. The molecule has 4 N–H and O–H groups in total. The monoisotopic (exact) mass is 301 g/mol. The number of urea groups is 1. The number of rotatable bonds is 9. The lowest BCUT2D eigenvalue weighted by atomic mass is 9.84. The number of carboxylic acids is 1. The van der Waals surface area contributed by atoms with Gasteiger partial charge in [-0.25, -0.2) is 4.79 Å². The van der Waals surface area contributed by atoms with Crippen LogP contribution < -0.4 is 16.0 Å². The summed E-state index contributed by atoms with van der Waals surface area (Å²) >= 11 is 0. The zero-order valence-corrected chi connectivity index (χ0v) is 13.3. The predicted molar refractivity (Wildman–Crippen MR) is 79.9 cm³/mol. The number of carbonyl (C=O) groups is 3. The molecule has 122 valence electrons. The standard InChI is InChI=1S/C14H27N3O4/c1-10(2)17-11(18)9-16-13(21)15-8-7-14(3,4)6-5-12(19)20/h10H,5-9H2,1-4H3,(H,17,18)(H,19,20)(H2,15,16,21). The quantitative estimate of drug-likeness (QED) is 0.511. The van der Waals surface area contributed by atoms with Crippen LogP contribution in [0.2, 0.25) is 0 Å². The molecule has 0 aliphatic carbocycles. The summed E-state index contributed by atoms with van der Waals surface area (Å²) in [5, 5.41) is 16.5. The molecule has 7 heteroatoms. The van der Waals surface area contributed by atoms with E-state index in [2.05, 4.69) is 16.0 Å². The van der Waals surface area contributed by atoms with E-state index < -0.39 is 12.0 Å². The van der Waals surface area contributed by atoms with E-state index in [1.54, 1.807) is 0 Å². The Balaban J connectivity index is 3.83. The molecule has 0 aliphatic heterocycles. The molecule has 0 radical (unpaired) electrons. The number of hydrogen-bond acceptors (Lipinski definition) is 3. The summed E-state index contributed by atoms with van der Waals surface area (Å²) in [4.78, 5) is 33.4. The smallest absolute Gasteiger partial charge is 0.315 e. The number of aliphatic carboxylic acids is 1. The molecule has 21 heavy (non-hydrogen) atoms. The van der Waals surface area contributed by atoms with Gasteiger partial charge < -0.3 is 21.1 Å². The van der Waals surface area contributed by atoms with Crippen LogP contribution in [0.1, 0.15) is 47.0 Å². The number of carboxylic acid groups (broad SMARTS) is 1. The lowest BCUT2D eigenvalue weighted by Crippen LogP contribution is -2.44. The molecule has 0 saturated carbocycles. The van der Waals surface area contributed by atoms with Crippen molar-refractivity contribution in [2.24, 2.45) is 5.41 Å². The summed E-state index contributed by atoms with van der Waals surface area (Å²) < 4.78 is 0. The number of amides is 3. The Morgan fingerprint density at radius 1 is 1.10 bits per heavy atom. The SMILES string of the molecule is CC(C)NC(=O)CNC(=O)NCCC(C)(C)CCC(=O)O. The maximum absolute atomic E-state index is 11.5. The van der Waals surface area contributed by atoms with E-state index in [0.717, 1.165) is 0 Å². The largest absolute Gasteiger partial charge is 0.481 e.